The molecule has 0 spiro atoms. The van der Waals surface area contributed by atoms with Gasteiger partial charge in [-0.3, -0.25) is 9.59 Å². The molecule has 0 radical (unpaired) electrons. The Morgan fingerprint density at radius 3 is 2.11 bits per heavy atom. The molecule has 104 valence electrons. The monoisotopic (exact) mass is 264 g/mol. The standard InChI is InChI=1S/C15H20O4/c1-15(2,3)11-7-5-10(6-8-11)9-12(13(16)17)14(18)19-4/h5-8,12H,9H2,1-4H3,(H,16,17). The second-order valence-electron chi connectivity index (χ2n) is 5.57. The topological polar surface area (TPSA) is 63.6 Å². The predicted octanol–water partition coefficient (Wildman–Crippen LogP) is 2.40. The molecule has 4 heteroatoms. The number of ether oxygens (including phenoxy) is 1. The zero-order valence-corrected chi connectivity index (χ0v) is 11.8. The molecule has 0 bridgehead atoms. The van der Waals surface area contributed by atoms with Crippen molar-refractivity contribution in [2.75, 3.05) is 7.11 Å². The third-order valence-electron chi connectivity index (χ3n) is 3.04. The number of methoxy groups -OCH3 is 1. The fraction of sp³-hybridized carbons (Fsp3) is 0.467. The maximum absolute atomic E-state index is 11.4. The maximum Gasteiger partial charge on any atom is 0.320 e. The van der Waals surface area contributed by atoms with Gasteiger partial charge in [0.1, 0.15) is 0 Å². The van der Waals surface area contributed by atoms with Gasteiger partial charge in [-0.15, -0.1) is 0 Å². The number of carbonyl (C=O) groups is 2. The van der Waals surface area contributed by atoms with Crippen molar-refractivity contribution in [2.24, 2.45) is 5.92 Å². The summed E-state index contributed by atoms with van der Waals surface area (Å²) in [6.07, 6.45) is 0.145. The Morgan fingerprint density at radius 1 is 1.21 bits per heavy atom. The largest absolute Gasteiger partial charge is 0.481 e. The first kappa shape index (κ1) is 15.2. The molecule has 1 unspecified atom stereocenters. The zero-order valence-electron chi connectivity index (χ0n) is 11.8. The van der Waals surface area contributed by atoms with Gasteiger partial charge in [-0.25, -0.2) is 0 Å². The fourth-order valence-electron chi connectivity index (χ4n) is 1.79. The minimum absolute atomic E-state index is 0.0487. The van der Waals surface area contributed by atoms with Gasteiger partial charge in [0, 0.05) is 0 Å². The fourth-order valence-corrected chi connectivity index (χ4v) is 1.79. The third kappa shape index (κ3) is 4.09. The Kier molecular flexibility index (Phi) is 4.70. The van der Waals surface area contributed by atoms with Crippen molar-refractivity contribution in [3.63, 3.8) is 0 Å². The average molecular weight is 264 g/mol. The molecule has 1 rings (SSSR count). The van der Waals surface area contributed by atoms with Gasteiger partial charge in [-0.1, -0.05) is 45.0 Å². The molecule has 0 fully saturated rings. The molecular weight excluding hydrogens is 244 g/mol. The SMILES string of the molecule is COC(=O)C(Cc1ccc(C(C)(C)C)cc1)C(=O)O. The van der Waals surface area contributed by atoms with Gasteiger partial charge in [0.05, 0.1) is 7.11 Å². The number of hydrogen-bond acceptors (Lipinski definition) is 3. The first-order valence-electron chi connectivity index (χ1n) is 6.15. The van der Waals surface area contributed by atoms with Crippen LogP contribution in [0.2, 0.25) is 0 Å². The van der Waals surface area contributed by atoms with E-state index in [1.807, 2.05) is 24.3 Å². The highest BCUT2D eigenvalue weighted by Gasteiger charge is 2.27. The zero-order chi connectivity index (χ0) is 14.6. The highest BCUT2D eigenvalue weighted by atomic mass is 16.5. The molecule has 0 aliphatic rings. The van der Waals surface area contributed by atoms with E-state index in [1.165, 1.54) is 12.7 Å². The van der Waals surface area contributed by atoms with Gasteiger partial charge in [-0.05, 0) is 23.0 Å². The predicted molar refractivity (Wildman–Crippen MR) is 72.0 cm³/mol. The summed E-state index contributed by atoms with van der Waals surface area (Å²) in [5.74, 6) is -3.02. The summed E-state index contributed by atoms with van der Waals surface area (Å²) in [7, 11) is 1.20. The molecule has 1 aromatic rings. The van der Waals surface area contributed by atoms with Gasteiger partial charge in [0.15, 0.2) is 5.92 Å². The van der Waals surface area contributed by atoms with E-state index in [4.69, 9.17) is 5.11 Å². The second kappa shape index (κ2) is 5.87. The van der Waals surface area contributed by atoms with E-state index in [-0.39, 0.29) is 11.8 Å². The summed E-state index contributed by atoms with van der Waals surface area (Å²) in [6, 6.07) is 7.65. The molecule has 19 heavy (non-hydrogen) atoms. The average Bonchev–Trinajstić information content (AvgIpc) is 2.34. The molecule has 0 saturated heterocycles. The molecule has 0 aromatic heterocycles. The molecular formula is C15H20O4. The van der Waals surface area contributed by atoms with E-state index in [1.54, 1.807) is 0 Å². The van der Waals surface area contributed by atoms with Crippen LogP contribution in [0.4, 0.5) is 0 Å². The Morgan fingerprint density at radius 2 is 1.74 bits per heavy atom. The van der Waals surface area contributed by atoms with Gasteiger partial charge >= 0.3 is 11.9 Å². The van der Waals surface area contributed by atoms with Crippen molar-refractivity contribution in [3.05, 3.63) is 35.4 Å². The molecule has 1 N–H and O–H groups in total. The van der Waals surface area contributed by atoms with Gasteiger partial charge in [0.2, 0.25) is 0 Å². The van der Waals surface area contributed by atoms with Crippen molar-refractivity contribution in [1.82, 2.24) is 0 Å². The lowest BCUT2D eigenvalue weighted by Crippen LogP contribution is -2.27. The van der Waals surface area contributed by atoms with E-state index in [2.05, 4.69) is 25.5 Å². The number of benzene rings is 1. The van der Waals surface area contributed by atoms with Crippen LogP contribution in [-0.4, -0.2) is 24.2 Å². The van der Waals surface area contributed by atoms with Crippen molar-refractivity contribution >= 4 is 11.9 Å². The van der Waals surface area contributed by atoms with Crippen LogP contribution in [0.1, 0.15) is 31.9 Å². The normalized spacial score (nSPS) is 12.8. The molecule has 1 aromatic carbocycles. The number of rotatable bonds is 4. The summed E-state index contributed by atoms with van der Waals surface area (Å²) in [5.41, 5.74) is 2.03. The Balaban J connectivity index is 2.87. The highest BCUT2D eigenvalue weighted by Crippen LogP contribution is 2.23. The Bertz CT molecular complexity index is 454. The number of esters is 1. The van der Waals surface area contributed by atoms with Crippen molar-refractivity contribution in [2.45, 2.75) is 32.6 Å². The molecule has 0 heterocycles. The van der Waals surface area contributed by atoms with Crippen LogP contribution < -0.4 is 0 Å². The van der Waals surface area contributed by atoms with E-state index < -0.39 is 17.9 Å². The van der Waals surface area contributed by atoms with Crippen LogP contribution in [-0.2, 0) is 26.2 Å². The van der Waals surface area contributed by atoms with Crippen molar-refractivity contribution in [1.29, 1.82) is 0 Å². The summed E-state index contributed by atoms with van der Waals surface area (Å²) in [5, 5.41) is 9.02. The lowest BCUT2D eigenvalue weighted by Gasteiger charge is -2.19. The van der Waals surface area contributed by atoms with E-state index in [9.17, 15) is 9.59 Å². The minimum Gasteiger partial charge on any atom is -0.481 e. The van der Waals surface area contributed by atoms with Crippen LogP contribution in [0.15, 0.2) is 24.3 Å². The maximum atomic E-state index is 11.4. The molecule has 0 aliphatic carbocycles. The quantitative estimate of drug-likeness (QED) is 0.670. The molecule has 0 saturated carbocycles. The van der Waals surface area contributed by atoms with Crippen LogP contribution >= 0.6 is 0 Å². The first-order valence-corrected chi connectivity index (χ1v) is 6.15. The van der Waals surface area contributed by atoms with E-state index in [0.29, 0.717) is 0 Å². The number of carboxylic acid groups (broad SMARTS) is 1. The Hall–Kier alpha value is -1.84. The van der Waals surface area contributed by atoms with Crippen molar-refractivity contribution in [3.8, 4) is 0 Å². The molecule has 0 aliphatic heterocycles. The second-order valence-corrected chi connectivity index (χ2v) is 5.57. The van der Waals surface area contributed by atoms with Crippen molar-refractivity contribution < 1.29 is 19.4 Å². The summed E-state index contributed by atoms with van der Waals surface area (Å²) < 4.78 is 4.50. The summed E-state index contributed by atoms with van der Waals surface area (Å²) >= 11 is 0. The lowest BCUT2D eigenvalue weighted by molar-refractivity contribution is -0.156. The van der Waals surface area contributed by atoms with Crippen LogP contribution in [0.5, 0.6) is 0 Å². The summed E-state index contributed by atoms with van der Waals surface area (Å²) in [6.45, 7) is 6.32. The lowest BCUT2D eigenvalue weighted by atomic mass is 9.86. The van der Waals surface area contributed by atoms with Crippen LogP contribution in [0.25, 0.3) is 0 Å². The molecule has 0 amide bonds. The smallest absolute Gasteiger partial charge is 0.320 e. The summed E-state index contributed by atoms with van der Waals surface area (Å²) in [4.78, 5) is 22.4. The van der Waals surface area contributed by atoms with E-state index in [0.717, 1.165) is 5.56 Å². The molecule has 1 atom stereocenters. The third-order valence-corrected chi connectivity index (χ3v) is 3.04. The first-order chi connectivity index (χ1) is 8.75. The van der Waals surface area contributed by atoms with Gasteiger partial charge in [0.25, 0.3) is 0 Å². The van der Waals surface area contributed by atoms with Gasteiger partial charge < -0.3 is 9.84 Å². The number of carboxylic acids is 1. The highest BCUT2D eigenvalue weighted by molar-refractivity contribution is 5.94. The van der Waals surface area contributed by atoms with Gasteiger partial charge in [-0.2, -0.15) is 0 Å². The van der Waals surface area contributed by atoms with Crippen LogP contribution in [0, 0.1) is 5.92 Å². The Labute approximate surface area is 113 Å². The minimum atomic E-state index is -1.16. The number of carbonyl (C=O) groups excluding carboxylic acids is 1. The number of hydrogen-bond donors (Lipinski definition) is 1. The van der Waals surface area contributed by atoms with E-state index >= 15 is 0 Å². The molecule has 4 nitrogen and oxygen atoms in total. The van der Waals surface area contributed by atoms with Crippen LogP contribution in [0.3, 0.4) is 0 Å². The number of aliphatic carboxylic acids is 1.